The van der Waals surface area contributed by atoms with Crippen LogP contribution in [0, 0.1) is 0 Å². The molecule has 1 aliphatic rings. The molecule has 0 unspecified atom stereocenters. The number of fused-ring (bicyclic) bond motifs is 2. The minimum atomic E-state index is -0.354. The van der Waals surface area contributed by atoms with E-state index in [-0.39, 0.29) is 29.0 Å². The molecule has 168 valence electrons. The number of rotatable bonds is 5. The maximum atomic E-state index is 13.3. The van der Waals surface area contributed by atoms with E-state index in [9.17, 15) is 9.59 Å². The highest BCUT2D eigenvalue weighted by Crippen LogP contribution is 2.17. The average molecular weight is 465 g/mol. The number of amides is 1. The fourth-order valence-electron chi connectivity index (χ4n) is 4.12. The zero-order chi connectivity index (χ0) is 22.9. The molecule has 1 amide bonds. The van der Waals surface area contributed by atoms with E-state index in [1.54, 1.807) is 35.0 Å². The number of halogens is 1. The number of benzene rings is 1. The fraction of sp³-hybridized carbons (Fsp3) is 0.250. The number of anilines is 1. The van der Waals surface area contributed by atoms with Gasteiger partial charge in [-0.15, -0.1) is 0 Å². The number of hydrogen-bond donors (Lipinski definition) is 2. The third-order valence-electron chi connectivity index (χ3n) is 5.87. The normalized spacial score (nSPS) is 15.8. The van der Waals surface area contributed by atoms with Gasteiger partial charge in [-0.2, -0.15) is 0 Å². The molecule has 8 nitrogen and oxygen atoms in total. The SMILES string of the molecule is Nc1c(C(=O)NC[C@@H]2CCCO2)cc2c(=O)n3ccccc3nc2[n+]1Cc1ccc(Cl)cc1. The van der Waals surface area contributed by atoms with Gasteiger partial charge in [0, 0.05) is 24.4 Å². The molecule has 0 saturated carbocycles. The number of carbonyl (C=O) groups is 1. The molecule has 1 aromatic carbocycles. The van der Waals surface area contributed by atoms with Crippen molar-refractivity contribution in [1.29, 1.82) is 0 Å². The van der Waals surface area contributed by atoms with Gasteiger partial charge in [0.2, 0.25) is 11.5 Å². The average Bonchev–Trinajstić information content (AvgIpc) is 3.35. The Bertz CT molecular complexity index is 1410. The summed E-state index contributed by atoms with van der Waals surface area (Å²) in [7, 11) is 0. The number of pyridine rings is 2. The Kier molecular flexibility index (Phi) is 5.70. The molecule has 1 saturated heterocycles. The summed E-state index contributed by atoms with van der Waals surface area (Å²) in [5.41, 5.74) is 8.27. The Morgan fingerprint density at radius 1 is 1.27 bits per heavy atom. The first kappa shape index (κ1) is 21.4. The van der Waals surface area contributed by atoms with Gasteiger partial charge in [-0.1, -0.05) is 34.8 Å². The minimum Gasteiger partial charge on any atom is -0.376 e. The van der Waals surface area contributed by atoms with Crippen molar-refractivity contribution in [1.82, 2.24) is 14.7 Å². The molecule has 4 aromatic rings. The van der Waals surface area contributed by atoms with Crippen molar-refractivity contribution in [3.05, 3.63) is 81.2 Å². The summed E-state index contributed by atoms with van der Waals surface area (Å²) in [5.74, 6) is -0.123. The monoisotopic (exact) mass is 464 g/mol. The van der Waals surface area contributed by atoms with Crippen LogP contribution in [0.1, 0.15) is 28.8 Å². The molecule has 0 aliphatic carbocycles. The van der Waals surface area contributed by atoms with Crippen molar-refractivity contribution < 1.29 is 14.1 Å². The Balaban J connectivity index is 1.65. The van der Waals surface area contributed by atoms with Crippen LogP contribution < -0.4 is 21.2 Å². The molecule has 1 atom stereocenters. The Morgan fingerprint density at radius 2 is 2.09 bits per heavy atom. The number of nitrogens with one attached hydrogen (secondary N) is 1. The van der Waals surface area contributed by atoms with E-state index in [1.807, 2.05) is 18.2 Å². The van der Waals surface area contributed by atoms with Gasteiger partial charge in [0.1, 0.15) is 10.9 Å². The second kappa shape index (κ2) is 8.80. The number of carbonyl (C=O) groups excluding carboxylic acids is 1. The molecular formula is C24H23ClN5O3+. The maximum Gasteiger partial charge on any atom is 0.278 e. The summed E-state index contributed by atoms with van der Waals surface area (Å²) in [6.45, 7) is 1.42. The van der Waals surface area contributed by atoms with E-state index in [2.05, 4.69) is 5.32 Å². The second-order valence-corrected chi connectivity index (χ2v) is 8.52. The summed E-state index contributed by atoms with van der Waals surface area (Å²) in [6, 6.07) is 14.2. The zero-order valence-electron chi connectivity index (χ0n) is 17.8. The second-order valence-electron chi connectivity index (χ2n) is 8.08. The largest absolute Gasteiger partial charge is 0.376 e. The lowest BCUT2D eigenvalue weighted by molar-refractivity contribution is -0.649. The van der Waals surface area contributed by atoms with Crippen molar-refractivity contribution in [2.75, 3.05) is 18.9 Å². The first-order chi connectivity index (χ1) is 16.0. The van der Waals surface area contributed by atoms with Crippen LogP contribution in [0.4, 0.5) is 5.82 Å². The Hall–Kier alpha value is -3.49. The van der Waals surface area contributed by atoms with Crippen molar-refractivity contribution in [2.45, 2.75) is 25.5 Å². The number of nitrogen functional groups attached to an aromatic ring is 1. The van der Waals surface area contributed by atoms with E-state index >= 15 is 0 Å². The van der Waals surface area contributed by atoms with Crippen LogP contribution in [-0.2, 0) is 11.3 Å². The predicted molar refractivity (Wildman–Crippen MR) is 125 cm³/mol. The molecule has 4 heterocycles. The first-order valence-corrected chi connectivity index (χ1v) is 11.2. The van der Waals surface area contributed by atoms with Crippen molar-refractivity contribution in [3.8, 4) is 0 Å². The van der Waals surface area contributed by atoms with Gasteiger partial charge in [-0.05, 0) is 48.7 Å². The number of ether oxygens (including phenoxy) is 1. The summed E-state index contributed by atoms with van der Waals surface area (Å²) in [4.78, 5) is 31.1. The van der Waals surface area contributed by atoms with Gasteiger partial charge in [0.15, 0.2) is 0 Å². The Labute approximate surface area is 194 Å². The van der Waals surface area contributed by atoms with E-state index in [0.29, 0.717) is 41.4 Å². The molecule has 0 bridgehead atoms. The molecule has 0 radical (unpaired) electrons. The molecule has 5 rings (SSSR count). The topological polar surface area (TPSA) is 103 Å². The lowest BCUT2D eigenvalue weighted by atomic mass is 10.1. The number of nitrogens with two attached hydrogens (primary N) is 1. The van der Waals surface area contributed by atoms with E-state index in [1.165, 1.54) is 10.5 Å². The van der Waals surface area contributed by atoms with E-state index in [4.69, 9.17) is 27.1 Å². The molecule has 33 heavy (non-hydrogen) atoms. The third-order valence-corrected chi connectivity index (χ3v) is 6.12. The van der Waals surface area contributed by atoms with E-state index < -0.39 is 0 Å². The standard InChI is InChI=1S/C24H22ClN5O3/c25-16-8-6-15(7-9-16)14-30-21(26)18(23(31)27-13-17-4-3-11-33-17)12-19-22(30)28-20-5-1-2-10-29(20)24(19)32/h1-2,5-10,12,17,26H,3-4,11,13-14H2,(H,27,31)/p+1/t17-/m0/s1. The van der Waals surface area contributed by atoms with Crippen LogP contribution in [-0.4, -0.2) is 34.5 Å². The lowest BCUT2D eigenvalue weighted by Gasteiger charge is -2.14. The van der Waals surface area contributed by atoms with Crippen LogP contribution in [0.3, 0.4) is 0 Å². The van der Waals surface area contributed by atoms with Crippen molar-refractivity contribution in [2.24, 2.45) is 0 Å². The van der Waals surface area contributed by atoms with E-state index in [0.717, 1.165) is 18.4 Å². The molecule has 1 aliphatic heterocycles. The highest BCUT2D eigenvalue weighted by atomic mass is 35.5. The van der Waals surface area contributed by atoms with Gasteiger partial charge in [0.05, 0.1) is 12.6 Å². The lowest BCUT2D eigenvalue weighted by Crippen LogP contribution is -2.43. The first-order valence-electron chi connectivity index (χ1n) is 10.8. The highest BCUT2D eigenvalue weighted by Gasteiger charge is 2.25. The van der Waals surface area contributed by atoms with Crippen molar-refractivity contribution >= 4 is 40.0 Å². The summed E-state index contributed by atoms with van der Waals surface area (Å²) in [5, 5.41) is 3.82. The molecular weight excluding hydrogens is 442 g/mol. The molecule has 1 fully saturated rings. The quantitative estimate of drug-likeness (QED) is 0.348. The maximum absolute atomic E-state index is 13.3. The van der Waals surface area contributed by atoms with Crippen LogP contribution in [0.25, 0.3) is 16.7 Å². The summed E-state index contributed by atoms with van der Waals surface area (Å²) in [6.07, 6.45) is 3.53. The van der Waals surface area contributed by atoms with Crippen LogP contribution >= 0.6 is 11.6 Å². The molecule has 3 N–H and O–H groups in total. The third kappa shape index (κ3) is 4.15. The predicted octanol–water partition coefficient (Wildman–Crippen LogP) is 2.33. The van der Waals surface area contributed by atoms with Crippen molar-refractivity contribution in [3.63, 3.8) is 0 Å². The number of nitrogens with zero attached hydrogens (tertiary/aromatic N) is 3. The number of hydrogen-bond acceptors (Lipinski definition) is 5. The molecule has 3 aromatic heterocycles. The van der Waals surface area contributed by atoms with Gasteiger partial charge in [0.25, 0.3) is 17.1 Å². The van der Waals surface area contributed by atoms with Crippen LogP contribution in [0.15, 0.2) is 59.5 Å². The fourth-order valence-corrected chi connectivity index (χ4v) is 4.25. The van der Waals surface area contributed by atoms with Crippen LogP contribution in [0.5, 0.6) is 0 Å². The molecule has 0 spiro atoms. The summed E-state index contributed by atoms with van der Waals surface area (Å²) >= 11 is 6.03. The van der Waals surface area contributed by atoms with Gasteiger partial charge >= 0.3 is 0 Å². The number of aromatic nitrogens is 3. The Morgan fingerprint density at radius 3 is 2.85 bits per heavy atom. The smallest absolute Gasteiger partial charge is 0.278 e. The van der Waals surface area contributed by atoms with Gasteiger partial charge in [-0.25, -0.2) is 4.57 Å². The minimum absolute atomic E-state index is 0.00643. The zero-order valence-corrected chi connectivity index (χ0v) is 18.6. The van der Waals surface area contributed by atoms with Crippen LogP contribution in [0.2, 0.25) is 5.02 Å². The summed E-state index contributed by atoms with van der Waals surface area (Å²) < 4.78 is 8.75. The highest BCUT2D eigenvalue weighted by molar-refractivity contribution is 6.30. The van der Waals surface area contributed by atoms with Gasteiger partial charge < -0.3 is 15.8 Å². The molecule has 9 heteroatoms. The van der Waals surface area contributed by atoms with Gasteiger partial charge in [-0.3, -0.25) is 14.0 Å².